The molecule has 1 aliphatic heterocycles. The van der Waals surface area contributed by atoms with Gasteiger partial charge in [0, 0.05) is 73.6 Å². The summed E-state index contributed by atoms with van der Waals surface area (Å²) in [5.41, 5.74) is 14.8. The lowest BCUT2D eigenvalue weighted by Gasteiger charge is -2.40. The van der Waals surface area contributed by atoms with Crippen LogP contribution in [0, 0.1) is 11.3 Å². The largest absolute Gasteiger partial charge is 0.454 e. The van der Waals surface area contributed by atoms with Crippen molar-refractivity contribution in [3.05, 3.63) is 234 Å². The molecule has 0 fully saturated rings. The summed E-state index contributed by atoms with van der Waals surface area (Å²) >= 11 is 0. The molecule has 0 bridgehead atoms. The van der Waals surface area contributed by atoms with E-state index in [1.165, 1.54) is 21.8 Å². The summed E-state index contributed by atoms with van der Waals surface area (Å²) in [7, 11) is 0. The van der Waals surface area contributed by atoms with Crippen LogP contribution in [0.1, 0.15) is 27.8 Å². The van der Waals surface area contributed by atoms with Crippen LogP contribution >= 0.6 is 0 Å². The zero-order valence-corrected chi connectivity index (χ0v) is 35.2. The van der Waals surface area contributed by atoms with Gasteiger partial charge in [0.25, 0.3) is 0 Å². The predicted octanol–water partition coefficient (Wildman–Crippen LogP) is 13.7. The molecule has 0 saturated carbocycles. The van der Waals surface area contributed by atoms with Gasteiger partial charge in [0.15, 0.2) is 5.75 Å². The SMILES string of the molecule is N#Cc1c(-c2ccccn2)cccc1-c1cccc2c1Oc1c(-n3c4ccccc4c4cc(-n5c6ccccc6c6ccccc65)ccc43)cccc1C21c2cccnc2-c2ncccc21. The number of rotatable bonds is 4. The smallest absolute Gasteiger partial charge is 0.156 e. The van der Waals surface area contributed by atoms with E-state index in [0.29, 0.717) is 11.3 Å². The van der Waals surface area contributed by atoms with E-state index in [-0.39, 0.29) is 0 Å². The van der Waals surface area contributed by atoms with E-state index in [0.717, 1.165) is 95.0 Å². The number of hydrogen-bond donors (Lipinski definition) is 0. The lowest BCUT2D eigenvalue weighted by Crippen LogP contribution is -2.33. The van der Waals surface area contributed by atoms with Crippen LogP contribution in [-0.2, 0) is 5.41 Å². The molecule has 2 aliphatic rings. The van der Waals surface area contributed by atoms with E-state index in [4.69, 9.17) is 14.7 Å². The minimum atomic E-state index is -0.865. The third-order valence-electron chi connectivity index (χ3n) is 13.8. The topological polar surface area (TPSA) is 81.5 Å². The number of pyridine rings is 3. The Balaban J connectivity index is 1.06. The van der Waals surface area contributed by atoms with Crippen LogP contribution in [0.15, 0.2) is 207 Å². The van der Waals surface area contributed by atoms with Crippen LogP contribution in [0.25, 0.3) is 88.8 Å². The summed E-state index contributed by atoms with van der Waals surface area (Å²) in [6.07, 6.45) is 5.45. The molecular weight excluding hydrogens is 809 g/mol. The fraction of sp³-hybridized carbons (Fsp3) is 0.0169. The maximum Gasteiger partial charge on any atom is 0.156 e. The van der Waals surface area contributed by atoms with Crippen LogP contribution < -0.4 is 4.74 Å². The highest BCUT2D eigenvalue weighted by Crippen LogP contribution is 2.63. The molecule has 12 aromatic rings. The van der Waals surface area contributed by atoms with E-state index in [9.17, 15) is 5.26 Å². The fourth-order valence-electron chi connectivity index (χ4n) is 11.2. The Morgan fingerprint density at radius 2 is 0.970 bits per heavy atom. The Hall–Kier alpha value is -9.12. The molecule has 0 saturated heterocycles. The first-order chi connectivity index (χ1) is 32.7. The van der Waals surface area contributed by atoms with Crippen molar-refractivity contribution in [3.63, 3.8) is 0 Å². The number of benzene rings is 7. The average Bonchev–Trinajstić information content (AvgIpc) is 4.00. The van der Waals surface area contributed by atoms with Crippen LogP contribution in [0.3, 0.4) is 0 Å². The van der Waals surface area contributed by atoms with E-state index in [1.807, 2.05) is 60.9 Å². The van der Waals surface area contributed by atoms with Crippen molar-refractivity contribution in [1.29, 1.82) is 5.26 Å². The van der Waals surface area contributed by atoms with Gasteiger partial charge in [0.2, 0.25) is 0 Å². The number of nitrogens with zero attached hydrogens (tertiary/aromatic N) is 6. The van der Waals surface area contributed by atoms with E-state index in [1.54, 1.807) is 6.20 Å². The number of nitriles is 1. The normalized spacial score (nSPS) is 13.1. The van der Waals surface area contributed by atoms with Gasteiger partial charge in [-0.3, -0.25) is 15.0 Å². The van der Waals surface area contributed by atoms with Crippen LogP contribution in [0.5, 0.6) is 11.5 Å². The molecule has 1 spiro atoms. The lowest BCUT2D eigenvalue weighted by atomic mass is 9.65. The maximum atomic E-state index is 11.0. The molecule has 7 aromatic carbocycles. The summed E-state index contributed by atoms with van der Waals surface area (Å²) in [6, 6.07) is 68.3. The molecular formula is C59H34N6O. The second-order valence-corrected chi connectivity index (χ2v) is 17.0. The number of fused-ring (bicyclic) bond motifs is 15. The fourth-order valence-corrected chi connectivity index (χ4v) is 11.2. The van der Waals surface area contributed by atoms with Gasteiger partial charge in [0.1, 0.15) is 11.8 Å². The Labute approximate surface area is 378 Å². The van der Waals surface area contributed by atoms with Gasteiger partial charge in [-0.05, 0) is 77.9 Å². The summed E-state index contributed by atoms with van der Waals surface area (Å²) in [4.78, 5) is 14.7. The Bertz CT molecular complexity index is 3960. The highest BCUT2D eigenvalue weighted by molar-refractivity contribution is 6.12. The van der Waals surface area contributed by atoms with E-state index < -0.39 is 5.41 Å². The molecule has 1 aliphatic carbocycles. The van der Waals surface area contributed by atoms with Crippen LogP contribution in [-0.4, -0.2) is 24.1 Å². The summed E-state index contributed by atoms with van der Waals surface area (Å²) in [5, 5.41) is 15.7. The van der Waals surface area contributed by atoms with E-state index in [2.05, 4.69) is 160 Å². The zero-order valence-electron chi connectivity index (χ0n) is 35.2. The van der Waals surface area contributed by atoms with Crippen LogP contribution in [0.2, 0.25) is 0 Å². The molecule has 5 aromatic heterocycles. The summed E-state index contributed by atoms with van der Waals surface area (Å²) < 4.78 is 12.3. The predicted molar refractivity (Wildman–Crippen MR) is 261 cm³/mol. The van der Waals surface area contributed by atoms with Crippen molar-refractivity contribution >= 4 is 43.6 Å². The van der Waals surface area contributed by atoms with Gasteiger partial charge in [-0.25, -0.2) is 0 Å². The Morgan fingerprint density at radius 3 is 1.65 bits per heavy atom. The lowest BCUT2D eigenvalue weighted by molar-refractivity contribution is 0.436. The van der Waals surface area contributed by atoms with E-state index >= 15 is 0 Å². The molecule has 7 heteroatoms. The number of hydrogen-bond acceptors (Lipinski definition) is 5. The second kappa shape index (κ2) is 13.7. The first-order valence-electron chi connectivity index (χ1n) is 22.1. The Kier molecular flexibility index (Phi) is 7.54. The van der Waals surface area contributed by atoms with Crippen molar-refractivity contribution in [2.75, 3.05) is 0 Å². The molecule has 306 valence electrons. The summed E-state index contributed by atoms with van der Waals surface area (Å²) in [6.45, 7) is 0. The minimum absolute atomic E-state index is 0.526. The molecule has 7 nitrogen and oxygen atoms in total. The Morgan fingerprint density at radius 1 is 0.424 bits per heavy atom. The van der Waals surface area contributed by atoms with Crippen molar-refractivity contribution in [2.24, 2.45) is 0 Å². The highest BCUT2D eigenvalue weighted by atomic mass is 16.5. The van der Waals surface area contributed by atoms with Gasteiger partial charge in [-0.15, -0.1) is 0 Å². The molecule has 0 N–H and O–H groups in total. The summed E-state index contributed by atoms with van der Waals surface area (Å²) in [5.74, 6) is 1.39. The molecule has 0 amide bonds. The monoisotopic (exact) mass is 842 g/mol. The number of para-hydroxylation sites is 5. The van der Waals surface area contributed by atoms with Gasteiger partial charge in [-0.1, -0.05) is 121 Å². The zero-order chi connectivity index (χ0) is 43.5. The standard InChI is InChI=1S/C59H34N6O/c60-35-44-37(17-9-18-38(44)49-24-7-8-31-61-49)42-19-10-20-47-57(42)66-58-48(59(47)45-22-12-32-62-55(45)56-46(59)23-13-33-63-56)21-11-28-54(58)65-52-27-6-3-16-41(52)43-34-36(29-30-53(43)65)64-50-25-4-1-14-39(50)40-15-2-5-26-51(40)64/h1-34H. The van der Waals surface area contributed by atoms with Crippen molar-refractivity contribution in [3.8, 4) is 62.7 Å². The van der Waals surface area contributed by atoms with Gasteiger partial charge in [-0.2, -0.15) is 5.26 Å². The first-order valence-corrected chi connectivity index (χ1v) is 22.1. The third-order valence-corrected chi connectivity index (χ3v) is 13.8. The molecule has 66 heavy (non-hydrogen) atoms. The molecule has 14 rings (SSSR count). The first kappa shape index (κ1) is 36.4. The van der Waals surface area contributed by atoms with Crippen LogP contribution in [0.4, 0.5) is 0 Å². The number of ether oxygens (including phenoxy) is 1. The van der Waals surface area contributed by atoms with Crippen molar-refractivity contribution in [2.45, 2.75) is 5.41 Å². The molecule has 0 atom stereocenters. The van der Waals surface area contributed by atoms with Gasteiger partial charge in [0.05, 0.1) is 55.8 Å². The van der Waals surface area contributed by atoms with Crippen molar-refractivity contribution in [1.82, 2.24) is 24.1 Å². The molecule has 6 heterocycles. The maximum absolute atomic E-state index is 11.0. The molecule has 0 unspecified atom stereocenters. The number of aromatic nitrogens is 5. The quantitative estimate of drug-likeness (QED) is 0.176. The third kappa shape index (κ3) is 4.76. The highest BCUT2D eigenvalue weighted by Gasteiger charge is 2.53. The average molecular weight is 843 g/mol. The second-order valence-electron chi connectivity index (χ2n) is 17.0. The van der Waals surface area contributed by atoms with Gasteiger partial charge < -0.3 is 13.9 Å². The minimum Gasteiger partial charge on any atom is -0.454 e. The van der Waals surface area contributed by atoms with Gasteiger partial charge >= 0.3 is 0 Å². The molecule has 0 radical (unpaired) electrons. The van der Waals surface area contributed by atoms with Crippen molar-refractivity contribution < 1.29 is 4.74 Å².